The molecule has 0 aliphatic heterocycles. The maximum atomic E-state index is 11.2. The van der Waals surface area contributed by atoms with Gasteiger partial charge in [-0.2, -0.15) is 0 Å². The van der Waals surface area contributed by atoms with Gasteiger partial charge in [0.1, 0.15) is 11.5 Å². The molecule has 28 heavy (non-hydrogen) atoms. The zero-order valence-corrected chi connectivity index (χ0v) is 16.3. The van der Waals surface area contributed by atoms with Gasteiger partial charge in [-0.1, -0.05) is 23.7 Å². The third kappa shape index (κ3) is 4.08. The molecule has 0 unspecified atom stereocenters. The van der Waals surface area contributed by atoms with Crippen molar-refractivity contribution < 1.29 is 14.3 Å². The van der Waals surface area contributed by atoms with Crippen LogP contribution in [0.2, 0.25) is 5.02 Å². The minimum atomic E-state index is -0.190. The zero-order valence-electron chi connectivity index (χ0n) is 14.8. The van der Waals surface area contributed by atoms with Crippen molar-refractivity contribution in [2.45, 2.75) is 0 Å². The lowest BCUT2D eigenvalue weighted by Crippen LogP contribution is -2.24. The predicted octanol–water partition coefficient (Wildman–Crippen LogP) is 4.03. The SMILES string of the molecule is CNC(=O)COc1ccc(Oc2nn3cc(-c4ccc(Cl)cc4)nc3s2)cc1. The van der Waals surface area contributed by atoms with Gasteiger partial charge in [0.25, 0.3) is 11.1 Å². The number of carbonyl (C=O) groups excluding carboxylic acids is 1. The van der Waals surface area contributed by atoms with Gasteiger partial charge >= 0.3 is 0 Å². The van der Waals surface area contributed by atoms with E-state index in [1.807, 2.05) is 30.5 Å². The summed E-state index contributed by atoms with van der Waals surface area (Å²) in [6.07, 6.45) is 1.84. The van der Waals surface area contributed by atoms with E-state index in [0.29, 0.717) is 21.7 Å². The monoisotopic (exact) mass is 414 g/mol. The van der Waals surface area contributed by atoms with Crippen molar-refractivity contribution in [2.75, 3.05) is 13.7 Å². The van der Waals surface area contributed by atoms with Gasteiger partial charge in [0, 0.05) is 17.6 Å². The molecule has 0 radical (unpaired) electrons. The lowest BCUT2D eigenvalue weighted by Gasteiger charge is -2.06. The summed E-state index contributed by atoms with van der Waals surface area (Å²) < 4.78 is 12.8. The molecule has 0 saturated carbocycles. The van der Waals surface area contributed by atoms with Gasteiger partial charge in [0.05, 0.1) is 11.9 Å². The predicted molar refractivity (Wildman–Crippen MR) is 107 cm³/mol. The number of hydrogen-bond acceptors (Lipinski definition) is 6. The van der Waals surface area contributed by atoms with Gasteiger partial charge < -0.3 is 14.8 Å². The maximum Gasteiger partial charge on any atom is 0.299 e. The number of nitrogens with zero attached hydrogens (tertiary/aromatic N) is 3. The molecule has 2 aromatic carbocycles. The van der Waals surface area contributed by atoms with Crippen molar-refractivity contribution in [3.05, 3.63) is 59.8 Å². The van der Waals surface area contributed by atoms with Gasteiger partial charge in [-0.15, -0.1) is 5.10 Å². The minimum absolute atomic E-state index is 0.0314. The summed E-state index contributed by atoms with van der Waals surface area (Å²) in [6, 6.07) is 14.5. The van der Waals surface area contributed by atoms with E-state index >= 15 is 0 Å². The van der Waals surface area contributed by atoms with Crippen LogP contribution in [0.3, 0.4) is 0 Å². The molecule has 0 aliphatic rings. The highest BCUT2D eigenvalue weighted by molar-refractivity contribution is 7.18. The highest BCUT2D eigenvalue weighted by atomic mass is 35.5. The number of amides is 1. The Morgan fingerprint density at radius 1 is 1.14 bits per heavy atom. The van der Waals surface area contributed by atoms with E-state index in [1.54, 1.807) is 35.8 Å². The number of fused-ring (bicyclic) bond motifs is 1. The summed E-state index contributed by atoms with van der Waals surface area (Å²) in [5.74, 6) is 1.00. The van der Waals surface area contributed by atoms with E-state index in [4.69, 9.17) is 21.1 Å². The van der Waals surface area contributed by atoms with Gasteiger partial charge in [-0.25, -0.2) is 9.50 Å². The molecule has 2 heterocycles. The van der Waals surface area contributed by atoms with Crippen LogP contribution in [0.25, 0.3) is 16.2 Å². The first-order chi connectivity index (χ1) is 13.6. The fourth-order valence-electron chi connectivity index (χ4n) is 2.41. The van der Waals surface area contributed by atoms with Gasteiger partial charge in [-0.3, -0.25) is 4.79 Å². The maximum absolute atomic E-state index is 11.2. The Labute approximate surface area is 169 Å². The first kappa shape index (κ1) is 18.3. The molecule has 7 nitrogen and oxygen atoms in total. The molecule has 0 bridgehead atoms. The Hall–Kier alpha value is -3.10. The number of hydrogen-bond donors (Lipinski definition) is 1. The minimum Gasteiger partial charge on any atom is -0.484 e. The van der Waals surface area contributed by atoms with Crippen LogP contribution in [0.4, 0.5) is 0 Å². The topological polar surface area (TPSA) is 77.8 Å². The van der Waals surface area contributed by atoms with E-state index < -0.39 is 0 Å². The standard InChI is InChI=1S/C19H15ClN4O3S/c1-21-17(25)11-26-14-6-8-15(9-7-14)27-19-23-24-10-16(22-18(24)28-19)12-2-4-13(20)5-3-12/h2-10H,11H2,1H3,(H,21,25). The van der Waals surface area contributed by atoms with Crippen molar-refractivity contribution >= 4 is 33.8 Å². The Balaban J connectivity index is 1.44. The number of ether oxygens (including phenoxy) is 2. The molecule has 1 N–H and O–H groups in total. The van der Waals surface area contributed by atoms with Gasteiger partial charge in [-0.05, 0) is 47.7 Å². The van der Waals surface area contributed by atoms with Crippen LogP contribution in [0, 0.1) is 0 Å². The highest BCUT2D eigenvalue weighted by Crippen LogP contribution is 2.30. The van der Waals surface area contributed by atoms with Crippen LogP contribution in [-0.4, -0.2) is 34.2 Å². The lowest BCUT2D eigenvalue weighted by atomic mass is 10.2. The fourth-order valence-corrected chi connectivity index (χ4v) is 3.29. The second kappa shape index (κ2) is 7.87. The van der Waals surface area contributed by atoms with Crippen molar-refractivity contribution in [1.82, 2.24) is 19.9 Å². The molecular formula is C19H15ClN4O3S. The Kier molecular flexibility index (Phi) is 5.14. The number of imidazole rings is 1. The van der Waals surface area contributed by atoms with Crippen LogP contribution in [0.15, 0.2) is 54.7 Å². The summed E-state index contributed by atoms with van der Waals surface area (Å²) in [6.45, 7) is -0.0314. The largest absolute Gasteiger partial charge is 0.484 e. The molecule has 142 valence electrons. The number of nitrogens with one attached hydrogen (secondary N) is 1. The van der Waals surface area contributed by atoms with Crippen LogP contribution in [0.1, 0.15) is 0 Å². The van der Waals surface area contributed by atoms with Crippen LogP contribution >= 0.6 is 22.9 Å². The summed E-state index contributed by atoms with van der Waals surface area (Å²) in [5, 5.41) is 8.06. The Morgan fingerprint density at radius 3 is 2.54 bits per heavy atom. The first-order valence-corrected chi connectivity index (χ1v) is 9.53. The average Bonchev–Trinajstić information content (AvgIpc) is 3.26. The van der Waals surface area contributed by atoms with Crippen molar-refractivity contribution in [1.29, 1.82) is 0 Å². The van der Waals surface area contributed by atoms with Crippen LogP contribution < -0.4 is 14.8 Å². The number of carbonyl (C=O) groups is 1. The summed E-state index contributed by atoms with van der Waals surface area (Å²) in [4.78, 5) is 16.5. The zero-order chi connectivity index (χ0) is 19.5. The number of rotatable bonds is 6. The van der Waals surface area contributed by atoms with Crippen molar-refractivity contribution in [3.8, 4) is 28.0 Å². The molecule has 4 rings (SSSR count). The quantitative estimate of drug-likeness (QED) is 0.515. The third-order valence-electron chi connectivity index (χ3n) is 3.84. The van der Waals surface area contributed by atoms with Gasteiger partial charge in [0.15, 0.2) is 6.61 Å². The molecule has 0 fully saturated rings. The molecule has 2 aromatic heterocycles. The average molecular weight is 415 g/mol. The van der Waals surface area contributed by atoms with E-state index in [9.17, 15) is 4.79 Å². The highest BCUT2D eigenvalue weighted by Gasteiger charge is 2.11. The molecule has 0 atom stereocenters. The molecule has 4 aromatic rings. The Morgan fingerprint density at radius 2 is 1.86 bits per heavy atom. The summed E-state index contributed by atoms with van der Waals surface area (Å²) in [7, 11) is 1.56. The van der Waals surface area contributed by atoms with Gasteiger partial charge in [0.2, 0.25) is 4.96 Å². The summed E-state index contributed by atoms with van der Waals surface area (Å²) in [5.41, 5.74) is 1.79. The number of likely N-dealkylation sites (N-methyl/N-ethyl adjacent to an activating group) is 1. The van der Waals surface area contributed by atoms with E-state index in [-0.39, 0.29) is 12.5 Å². The van der Waals surface area contributed by atoms with Crippen LogP contribution in [0.5, 0.6) is 16.7 Å². The number of halogens is 1. The number of benzene rings is 2. The van der Waals surface area contributed by atoms with Crippen molar-refractivity contribution in [2.24, 2.45) is 0 Å². The smallest absolute Gasteiger partial charge is 0.299 e. The lowest BCUT2D eigenvalue weighted by molar-refractivity contribution is -0.122. The second-order valence-electron chi connectivity index (χ2n) is 5.76. The van der Waals surface area contributed by atoms with E-state index in [1.165, 1.54) is 11.3 Å². The fraction of sp³-hybridized carbons (Fsp3) is 0.105. The molecule has 0 spiro atoms. The summed E-state index contributed by atoms with van der Waals surface area (Å²) >= 11 is 7.26. The molecular weight excluding hydrogens is 400 g/mol. The van der Waals surface area contributed by atoms with Crippen LogP contribution in [-0.2, 0) is 4.79 Å². The molecule has 0 aliphatic carbocycles. The molecule has 0 saturated heterocycles. The number of aromatic nitrogens is 3. The molecule has 9 heteroatoms. The second-order valence-corrected chi connectivity index (χ2v) is 7.12. The van der Waals surface area contributed by atoms with E-state index in [2.05, 4.69) is 15.4 Å². The van der Waals surface area contributed by atoms with Crippen molar-refractivity contribution in [3.63, 3.8) is 0 Å². The third-order valence-corrected chi connectivity index (χ3v) is 4.89. The van der Waals surface area contributed by atoms with E-state index in [0.717, 1.165) is 16.2 Å². The molecule has 1 amide bonds. The Bertz CT molecular complexity index is 1080. The normalized spacial score (nSPS) is 10.8. The first-order valence-electron chi connectivity index (χ1n) is 8.34.